The zero-order chi connectivity index (χ0) is 54.3. The third-order valence-corrected chi connectivity index (χ3v) is 19.6. The van der Waals surface area contributed by atoms with Gasteiger partial charge in [-0.3, -0.25) is 0 Å². The van der Waals surface area contributed by atoms with E-state index in [1.165, 1.54) is 143 Å². The fourth-order valence-corrected chi connectivity index (χ4v) is 15.9. The van der Waals surface area contributed by atoms with Crippen LogP contribution in [0.15, 0.2) is 247 Å². The van der Waals surface area contributed by atoms with Crippen molar-refractivity contribution in [2.45, 2.75) is 50.5 Å². The van der Waals surface area contributed by atoms with Crippen molar-refractivity contribution in [2.75, 3.05) is 0 Å². The molecule has 18 rings (SSSR count). The second-order valence-electron chi connectivity index (χ2n) is 24.4. The van der Waals surface area contributed by atoms with Crippen molar-refractivity contribution in [3.8, 4) is 61.4 Å². The van der Waals surface area contributed by atoms with Gasteiger partial charge in [-0.05, 0) is 173 Å². The Bertz CT molecular complexity index is 5150. The van der Waals surface area contributed by atoms with Gasteiger partial charge in [0.2, 0.25) is 0 Å². The zero-order valence-electron chi connectivity index (χ0n) is 46.1. The van der Waals surface area contributed by atoms with Gasteiger partial charge in [0.1, 0.15) is 11.7 Å². The molecule has 2 nitrogen and oxygen atoms in total. The molecule has 4 aliphatic rings. The van der Waals surface area contributed by atoms with E-state index in [0.717, 1.165) is 33.3 Å². The maximum Gasteiger partial charge on any atom is 0.178 e. The molecular formula is C80H54O2. The first-order chi connectivity index (χ1) is 40.2. The summed E-state index contributed by atoms with van der Waals surface area (Å²) in [5.74, 6) is 0.854. The lowest BCUT2D eigenvalue weighted by atomic mass is 9.79. The predicted molar refractivity (Wildman–Crippen MR) is 343 cm³/mol. The van der Waals surface area contributed by atoms with E-state index < -0.39 is 0 Å². The Labute approximate surface area is 475 Å². The van der Waals surface area contributed by atoms with Gasteiger partial charge >= 0.3 is 0 Å². The predicted octanol–water partition coefficient (Wildman–Crippen LogP) is 21.5. The Morgan fingerprint density at radius 2 is 0.756 bits per heavy atom. The molecule has 14 aromatic rings. The summed E-state index contributed by atoms with van der Waals surface area (Å²) >= 11 is 0. The summed E-state index contributed by atoms with van der Waals surface area (Å²) in [5.41, 5.74) is 23.3. The van der Waals surface area contributed by atoms with E-state index in [1.54, 1.807) is 0 Å². The first kappa shape index (κ1) is 46.0. The fraction of sp³-hybridized carbons (Fsp3) is 0.100. The molecule has 1 aliphatic heterocycles. The average molecular weight is 1050 g/mol. The van der Waals surface area contributed by atoms with Gasteiger partial charge in [-0.2, -0.15) is 0 Å². The normalized spacial score (nSPS) is 16.9. The Morgan fingerprint density at radius 3 is 1.26 bits per heavy atom. The van der Waals surface area contributed by atoms with Crippen molar-refractivity contribution in [1.82, 2.24) is 0 Å². The molecular weight excluding hydrogens is 993 g/mol. The third-order valence-electron chi connectivity index (χ3n) is 19.6. The molecule has 1 aromatic heterocycles. The highest BCUT2D eigenvalue weighted by molar-refractivity contribution is 6.25. The lowest BCUT2D eigenvalue weighted by Gasteiger charge is -2.24. The van der Waals surface area contributed by atoms with Crippen LogP contribution in [0.4, 0.5) is 0 Å². The van der Waals surface area contributed by atoms with Gasteiger partial charge in [0.05, 0.1) is 0 Å². The van der Waals surface area contributed by atoms with Crippen molar-refractivity contribution in [2.24, 2.45) is 0 Å². The smallest absolute Gasteiger partial charge is 0.178 e. The topological polar surface area (TPSA) is 22.4 Å². The standard InChI is InChI=1S/C80H54O2/c1-79(2)65-31-17-15-19-49(65)51-37-33-45(41-67(51)79)71-53-21-5-9-25-57(53)73(58-26-10-6-22-54(58)71)47-35-39-63-69(43-47)81-77-75(63)61-29-13-14-30-62(61)76-64-40-36-48(44-70(64)82-78(76)77)74-59-27-11-7-23-55(59)72(56-24-8-12-28-60(56)74)46-34-38-52-50-20-16-18-32-66(50)80(3,4)68(52)42-46/h5-44,63,69H,1-4H3. The van der Waals surface area contributed by atoms with E-state index in [2.05, 4.69) is 270 Å². The van der Waals surface area contributed by atoms with Gasteiger partial charge in [-0.25, -0.2) is 0 Å². The first-order valence-corrected chi connectivity index (χ1v) is 29.1. The number of allylic oxidation sites excluding steroid dienone is 2. The number of ether oxygens (including phenoxy) is 1. The zero-order valence-corrected chi connectivity index (χ0v) is 46.1. The molecule has 0 saturated heterocycles. The maximum absolute atomic E-state index is 7.34. The highest BCUT2D eigenvalue weighted by atomic mass is 16.5. The quantitative estimate of drug-likeness (QED) is 0.164. The molecule has 0 spiro atoms. The fourth-order valence-electron chi connectivity index (χ4n) is 15.9. The molecule has 2 heteroatoms. The van der Waals surface area contributed by atoms with E-state index in [0.29, 0.717) is 0 Å². The Hall–Kier alpha value is -9.76. The number of furan rings is 1. The minimum absolute atomic E-state index is 0.0100. The Kier molecular flexibility index (Phi) is 9.23. The minimum atomic E-state index is -0.228. The molecule has 0 radical (unpaired) electrons. The van der Waals surface area contributed by atoms with Crippen molar-refractivity contribution in [3.05, 3.63) is 276 Å². The van der Waals surface area contributed by atoms with E-state index in [-0.39, 0.29) is 22.9 Å². The summed E-state index contributed by atoms with van der Waals surface area (Å²) in [5, 5.41) is 14.5. The van der Waals surface area contributed by atoms with E-state index in [4.69, 9.17) is 9.15 Å². The molecule has 386 valence electrons. The summed E-state index contributed by atoms with van der Waals surface area (Å²) in [6.07, 6.45) is 6.91. The van der Waals surface area contributed by atoms with Gasteiger partial charge in [0.25, 0.3) is 0 Å². The first-order valence-electron chi connectivity index (χ1n) is 29.1. The average Bonchev–Trinajstić information content (AvgIpc) is 2.51. The van der Waals surface area contributed by atoms with Crippen LogP contribution < -0.4 is 4.74 Å². The summed E-state index contributed by atoms with van der Waals surface area (Å²) < 4.78 is 14.6. The van der Waals surface area contributed by atoms with Gasteiger partial charge in [-0.1, -0.05) is 240 Å². The van der Waals surface area contributed by atoms with E-state index >= 15 is 0 Å². The van der Waals surface area contributed by atoms with Gasteiger partial charge in [0.15, 0.2) is 11.3 Å². The summed E-state index contributed by atoms with van der Waals surface area (Å²) in [6.45, 7) is 9.48. The lowest BCUT2D eigenvalue weighted by Crippen LogP contribution is -2.17. The SMILES string of the molecule is CC1(C)c2ccccc2-c2ccc(-c3c4ccccc4c(C4=CC5Oc6c(c7ccccc7c7c6oc6cc(-c8c9ccccc9c(-c9ccc%10c(c9)C(C)(C)c9ccccc9-%10)c9ccccc89)ccc67)C5C=C4)c4ccccc34)cc21. The number of hydrogen-bond donors (Lipinski definition) is 0. The summed E-state index contributed by atoms with van der Waals surface area (Å²) in [7, 11) is 0. The van der Waals surface area contributed by atoms with Gasteiger partial charge in [0, 0.05) is 33.1 Å². The summed E-state index contributed by atoms with van der Waals surface area (Å²) in [6, 6.07) is 83.9. The Morgan fingerprint density at radius 1 is 0.354 bits per heavy atom. The van der Waals surface area contributed by atoms with Crippen molar-refractivity contribution < 1.29 is 9.15 Å². The number of benzene rings is 13. The van der Waals surface area contributed by atoms with Crippen LogP contribution in [-0.4, -0.2) is 6.10 Å². The van der Waals surface area contributed by atoms with Crippen LogP contribution in [-0.2, 0) is 10.8 Å². The van der Waals surface area contributed by atoms with Crippen LogP contribution >= 0.6 is 0 Å². The van der Waals surface area contributed by atoms with Crippen molar-refractivity contribution in [1.29, 1.82) is 0 Å². The largest absolute Gasteiger partial charge is 0.481 e. The molecule has 0 amide bonds. The summed E-state index contributed by atoms with van der Waals surface area (Å²) in [4.78, 5) is 0. The van der Waals surface area contributed by atoms with Gasteiger partial charge in [-0.15, -0.1) is 0 Å². The second kappa shape index (κ2) is 16.4. The van der Waals surface area contributed by atoms with Crippen LogP contribution in [0.3, 0.4) is 0 Å². The number of hydrogen-bond acceptors (Lipinski definition) is 2. The highest BCUT2D eigenvalue weighted by Gasteiger charge is 2.40. The number of rotatable bonds is 4. The van der Waals surface area contributed by atoms with Crippen molar-refractivity contribution >= 4 is 81.4 Å². The van der Waals surface area contributed by atoms with Crippen LogP contribution in [0.2, 0.25) is 0 Å². The number of fused-ring (bicyclic) bond motifs is 20. The third kappa shape index (κ3) is 6.09. The molecule has 3 aliphatic carbocycles. The maximum atomic E-state index is 7.34. The monoisotopic (exact) mass is 1050 g/mol. The van der Waals surface area contributed by atoms with E-state index in [1.807, 2.05) is 0 Å². The van der Waals surface area contributed by atoms with Crippen LogP contribution in [0, 0.1) is 0 Å². The molecule has 13 aromatic carbocycles. The second-order valence-corrected chi connectivity index (χ2v) is 24.4. The molecule has 0 bridgehead atoms. The molecule has 82 heavy (non-hydrogen) atoms. The van der Waals surface area contributed by atoms with Gasteiger partial charge < -0.3 is 9.15 Å². The van der Waals surface area contributed by atoms with E-state index in [9.17, 15) is 0 Å². The van der Waals surface area contributed by atoms with Crippen LogP contribution in [0.1, 0.15) is 67.0 Å². The Balaban J connectivity index is 0.766. The molecule has 0 N–H and O–H groups in total. The molecule has 0 fully saturated rings. The molecule has 2 atom stereocenters. The minimum Gasteiger partial charge on any atom is -0.481 e. The molecule has 2 heterocycles. The molecule has 0 saturated carbocycles. The lowest BCUT2D eigenvalue weighted by molar-refractivity contribution is 0.269. The highest BCUT2D eigenvalue weighted by Crippen LogP contribution is 2.57. The van der Waals surface area contributed by atoms with Crippen molar-refractivity contribution in [3.63, 3.8) is 0 Å². The molecule has 2 unspecified atom stereocenters. The van der Waals surface area contributed by atoms with Crippen LogP contribution in [0.25, 0.3) is 137 Å². The van der Waals surface area contributed by atoms with Crippen LogP contribution in [0.5, 0.6) is 5.75 Å².